The highest BCUT2D eigenvalue weighted by Crippen LogP contribution is 2.72. The van der Waals surface area contributed by atoms with Gasteiger partial charge in [0.1, 0.15) is 23.8 Å². The fourth-order valence-electron chi connectivity index (χ4n) is 4.55. The SMILES string of the molecule is CC(C)(C)OC(=O)c1cc(C2CC2)c(OC[C@]23CCCC[C@H]2C3(F)F)cc1F. The van der Waals surface area contributed by atoms with Gasteiger partial charge >= 0.3 is 5.97 Å². The third-order valence-electron chi connectivity index (χ3n) is 6.27. The Morgan fingerprint density at radius 2 is 1.89 bits per heavy atom. The first-order chi connectivity index (χ1) is 13.1. The third-order valence-corrected chi connectivity index (χ3v) is 6.27. The molecule has 3 saturated carbocycles. The summed E-state index contributed by atoms with van der Waals surface area (Å²) in [6.45, 7) is 5.06. The summed E-state index contributed by atoms with van der Waals surface area (Å²) >= 11 is 0. The van der Waals surface area contributed by atoms with Crippen LogP contribution in [0.1, 0.15) is 81.1 Å². The van der Waals surface area contributed by atoms with Crippen molar-refractivity contribution in [2.24, 2.45) is 11.3 Å². The van der Waals surface area contributed by atoms with E-state index in [1.807, 2.05) is 0 Å². The first-order valence-corrected chi connectivity index (χ1v) is 10.1. The van der Waals surface area contributed by atoms with E-state index in [-0.39, 0.29) is 23.8 Å². The van der Waals surface area contributed by atoms with Crippen molar-refractivity contribution in [3.63, 3.8) is 0 Å². The summed E-state index contributed by atoms with van der Waals surface area (Å²) in [5, 5.41) is 0. The Kier molecular flexibility index (Phi) is 4.47. The van der Waals surface area contributed by atoms with Gasteiger partial charge in [-0.1, -0.05) is 12.8 Å². The summed E-state index contributed by atoms with van der Waals surface area (Å²) in [6, 6.07) is 2.65. The molecular weight excluding hydrogens is 369 g/mol. The molecule has 1 aromatic rings. The maximum Gasteiger partial charge on any atom is 0.341 e. The van der Waals surface area contributed by atoms with Gasteiger partial charge in [0.15, 0.2) is 0 Å². The molecule has 1 aromatic carbocycles. The summed E-state index contributed by atoms with van der Waals surface area (Å²) in [5.74, 6) is -4.32. The fourth-order valence-corrected chi connectivity index (χ4v) is 4.55. The van der Waals surface area contributed by atoms with Crippen LogP contribution in [0.5, 0.6) is 5.75 Å². The molecule has 0 bridgehead atoms. The van der Waals surface area contributed by atoms with E-state index in [0.29, 0.717) is 12.8 Å². The average Bonchev–Trinajstić information content (AvgIpc) is 3.49. The molecule has 0 aliphatic heterocycles. The molecule has 2 atom stereocenters. The zero-order valence-corrected chi connectivity index (χ0v) is 16.6. The summed E-state index contributed by atoms with van der Waals surface area (Å²) in [5.41, 5.74) is -1.25. The number of alkyl halides is 2. The van der Waals surface area contributed by atoms with E-state index < -0.39 is 34.6 Å². The van der Waals surface area contributed by atoms with Crippen molar-refractivity contribution in [1.29, 1.82) is 0 Å². The van der Waals surface area contributed by atoms with Crippen LogP contribution in [0.15, 0.2) is 12.1 Å². The van der Waals surface area contributed by atoms with E-state index in [0.717, 1.165) is 31.2 Å². The van der Waals surface area contributed by atoms with Gasteiger partial charge in [-0.15, -0.1) is 0 Å². The topological polar surface area (TPSA) is 35.5 Å². The van der Waals surface area contributed by atoms with Crippen molar-refractivity contribution >= 4 is 5.97 Å². The first kappa shape index (κ1) is 19.6. The number of rotatable bonds is 5. The minimum absolute atomic E-state index is 0.102. The van der Waals surface area contributed by atoms with Crippen LogP contribution in [-0.4, -0.2) is 24.1 Å². The van der Waals surface area contributed by atoms with Gasteiger partial charge in [-0.05, 0) is 64.0 Å². The van der Waals surface area contributed by atoms with Gasteiger partial charge in [0.05, 0.1) is 11.0 Å². The largest absolute Gasteiger partial charge is 0.492 e. The lowest BCUT2D eigenvalue weighted by atomic mass is 9.89. The van der Waals surface area contributed by atoms with Gasteiger partial charge < -0.3 is 9.47 Å². The lowest BCUT2D eigenvalue weighted by molar-refractivity contribution is 0.00645. The molecule has 3 fully saturated rings. The minimum atomic E-state index is -2.70. The Morgan fingerprint density at radius 3 is 2.50 bits per heavy atom. The second-order valence-electron chi connectivity index (χ2n) is 9.51. The lowest BCUT2D eigenvalue weighted by Gasteiger charge is -2.23. The molecule has 6 heteroatoms. The molecule has 3 aliphatic rings. The fraction of sp³-hybridized carbons (Fsp3) is 0.682. The van der Waals surface area contributed by atoms with Gasteiger partial charge in [0, 0.05) is 12.0 Å². The number of ether oxygens (including phenoxy) is 2. The zero-order valence-electron chi connectivity index (χ0n) is 16.6. The van der Waals surface area contributed by atoms with E-state index in [2.05, 4.69) is 0 Å². The van der Waals surface area contributed by atoms with Crippen LogP contribution in [0.3, 0.4) is 0 Å². The molecule has 0 N–H and O–H groups in total. The molecule has 4 rings (SSSR count). The highest BCUT2D eigenvalue weighted by molar-refractivity contribution is 5.90. The summed E-state index contributed by atoms with van der Waals surface area (Å²) in [7, 11) is 0. The normalized spacial score (nSPS) is 28.4. The number of hydrogen-bond donors (Lipinski definition) is 0. The van der Waals surface area contributed by atoms with Crippen LogP contribution in [0.4, 0.5) is 13.2 Å². The van der Waals surface area contributed by atoms with E-state index in [1.165, 1.54) is 12.1 Å². The number of fused-ring (bicyclic) bond motifs is 1. The van der Waals surface area contributed by atoms with Crippen LogP contribution in [0.2, 0.25) is 0 Å². The molecular formula is C22H27F3O3. The molecule has 0 amide bonds. The van der Waals surface area contributed by atoms with E-state index in [4.69, 9.17) is 9.47 Å². The standard InChI is InChI=1S/C22H27F3O3/c1-20(2,3)28-19(26)15-10-14(13-7-8-13)17(11-16(15)23)27-12-21-9-5-4-6-18(21)22(21,24)25/h10-11,13,18H,4-9,12H2,1-3H3/t18-,21-/m1/s1. The van der Waals surface area contributed by atoms with Crippen molar-refractivity contribution in [3.05, 3.63) is 29.1 Å². The first-order valence-electron chi connectivity index (χ1n) is 10.1. The Bertz CT molecular complexity index is 795. The minimum Gasteiger partial charge on any atom is -0.492 e. The van der Waals surface area contributed by atoms with Crippen molar-refractivity contribution in [1.82, 2.24) is 0 Å². The van der Waals surface area contributed by atoms with Crippen LogP contribution in [0.25, 0.3) is 0 Å². The Morgan fingerprint density at radius 1 is 1.18 bits per heavy atom. The summed E-state index contributed by atoms with van der Waals surface area (Å²) in [4.78, 5) is 12.3. The number of carbonyl (C=O) groups is 1. The summed E-state index contributed by atoms with van der Waals surface area (Å²) in [6.07, 6.45) is 4.41. The molecule has 0 radical (unpaired) electrons. The number of hydrogen-bond acceptors (Lipinski definition) is 3. The van der Waals surface area contributed by atoms with Crippen LogP contribution >= 0.6 is 0 Å². The highest BCUT2D eigenvalue weighted by atomic mass is 19.3. The second-order valence-corrected chi connectivity index (χ2v) is 9.51. The molecule has 0 unspecified atom stereocenters. The van der Waals surface area contributed by atoms with Gasteiger partial charge in [-0.2, -0.15) is 0 Å². The van der Waals surface area contributed by atoms with E-state index in [1.54, 1.807) is 20.8 Å². The van der Waals surface area contributed by atoms with Crippen molar-refractivity contribution < 1.29 is 27.4 Å². The van der Waals surface area contributed by atoms with Crippen molar-refractivity contribution in [3.8, 4) is 5.75 Å². The molecule has 0 heterocycles. The quantitative estimate of drug-likeness (QED) is 0.585. The number of carbonyl (C=O) groups excluding carboxylic acids is 1. The predicted molar refractivity (Wildman–Crippen MR) is 98.4 cm³/mol. The molecule has 3 aliphatic carbocycles. The van der Waals surface area contributed by atoms with Crippen molar-refractivity contribution in [2.45, 2.75) is 76.7 Å². The molecule has 154 valence electrons. The molecule has 28 heavy (non-hydrogen) atoms. The molecule has 0 aromatic heterocycles. The monoisotopic (exact) mass is 396 g/mol. The highest BCUT2D eigenvalue weighted by Gasteiger charge is 2.80. The number of halogens is 3. The van der Waals surface area contributed by atoms with Gasteiger partial charge in [0.2, 0.25) is 0 Å². The lowest BCUT2D eigenvalue weighted by Crippen LogP contribution is -2.25. The van der Waals surface area contributed by atoms with Crippen LogP contribution in [0, 0.1) is 17.2 Å². The van der Waals surface area contributed by atoms with Crippen molar-refractivity contribution in [2.75, 3.05) is 6.61 Å². The third kappa shape index (κ3) is 3.29. The number of esters is 1. The average molecular weight is 396 g/mol. The number of benzene rings is 1. The molecule has 0 saturated heterocycles. The Balaban J connectivity index is 1.56. The smallest absolute Gasteiger partial charge is 0.341 e. The molecule has 3 nitrogen and oxygen atoms in total. The van der Waals surface area contributed by atoms with E-state index >= 15 is 0 Å². The Hall–Kier alpha value is -1.72. The Labute approximate surface area is 163 Å². The van der Waals surface area contributed by atoms with Crippen LogP contribution in [-0.2, 0) is 4.74 Å². The maximum absolute atomic E-state index is 14.6. The summed E-state index contributed by atoms with van der Waals surface area (Å²) < 4.78 is 54.4. The van der Waals surface area contributed by atoms with Crippen LogP contribution < -0.4 is 4.74 Å². The maximum atomic E-state index is 14.6. The van der Waals surface area contributed by atoms with Gasteiger partial charge in [-0.25, -0.2) is 18.0 Å². The van der Waals surface area contributed by atoms with Gasteiger partial charge in [-0.3, -0.25) is 0 Å². The van der Waals surface area contributed by atoms with E-state index in [9.17, 15) is 18.0 Å². The zero-order chi connectivity index (χ0) is 20.3. The molecule has 0 spiro atoms. The predicted octanol–water partition coefficient (Wildman–Crippen LogP) is 5.86. The van der Waals surface area contributed by atoms with Gasteiger partial charge in [0.25, 0.3) is 5.92 Å². The second kappa shape index (κ2) is 6.39.